The molecule has 2 aliphatic carbocycles. The second-order valence-corrected chi connectivity index (χ2v) is 11.6. The van der Waals surface area contributed by atoms with Gasteiger partial charge < -0.3 is 14.2 Å². The van der Waals surface area contributed by atoms with Crippen LogP contribution in [0.3, 0.4) is 0 Å². The summed E-state index contributed by atoms with van der Waals surface area (Å²) in [7, 11) is 1.77. The molecule has 180 valence electrons. The zero-order valence-corrected chi connectivity index (χ0v) is 20.9. The minimum Gasteiger partial charge on any atom is -0.444 e. The fraction of sp³-hybridized carbons (Fsp3) is 0.889. The quantitative estimate of drug-likeness (QED) is 0.492. The molecule has 0 aromatic rings. The Hall–Kier alpha value is -1.25. The fourth-order valence-electron chi connectivity index (χ4n) is 6.98. The van der Waals surface area contributed by atoms with Crippen LogP contribution in [0.1, 0.15) is 86.0 Å². The molecule has 4 aliphatic rings. The van der Waals surface area contributed by atoms with Gasteiger partial charge in [-0.2, -0.15) is 0 Å². The zero-order chi connectivity index (χ0) is 23.0. The Bertz CT molecular complexity index is 734. The summed E-state index contributed by atoms with van der Waals surface area (Å²) in [5.41, 5.74) is -0.496. The molecule has 0 N–H and O–H groups in total. The topological polar surface area (TPSA) is 48.0 Å². The average Bonchev–Trinajstić information content (AvgIpc) is 3.05. The molecule has 2 saturated heterocycles. The highest BCUT2D eigenvalue weighted by Crippen LogP contribution is 2.54. The van der Waals surface area contributed by atoms with Crippen LogP contribution in [0.2, 0.25) is 0 Å². The van der Waals surface area contributed by atoms with E-state index in [1.54, 1.807) is 7.11 Å². The highest BCUT2D eigenvalue weighted by molar-refractivity contribution is 5.69. The summed E-state index contributed by atoms with van der Waals surface area (Å²) >= 11 is 0. The van der Waals surface area contributed by atoms with Crippen LogP contribution >= 0.6 is 0 Å². The summed E-state index contributed by atoms with van der Waals surface area (Å²) in [5, 5.41) is 0. The molecule has 0 aromatic heterocycles. The summed E-state index contributed by atoms with van der Waals surface area (Å²) in [4.78, 5) is 14.9. The molecule has 0 radical (unpaired) electrons. The number of ether oxygens (including phenoxy) is 3. The highest BCUT2D eigenvalue weighted by atomic mass is 16.7. The van der Waals surface area contributed by atoms with E-state index < -0.39 is 5.60 Å². The lowest BCUT2D eigenvalue weighted by molar-refractivity contribution is -0.132. The summed E-state index contributed by atoms with van der Waals surface area (Å²) in [6.07, 6.45) is 9.32. The van der Waals surface area contributed by atoms with Crippen LogP contribution < -0.4 is 0 Å². The van der Waals surface area contributed by atoms with Gasteiger partial charge in [-0.15, -0.1) is 0 Å². The van der Waals surface area contributed by atoms with Crippen LogP contribution in [-0.2, 0) is 14.2 Å². The van der Waals surface area contributed by atoms with Crippen molar-refractivity contribution in [1.82, 2.24) is 4.90 Å². The van der Waals surface area contributed by atoms with Crippen LogP contribution in [0.15, 0.2) is 0 Å². The van der Waals surface area contributed by atoms with Gasteiger partial charge >= 0.3 is 6.09 Å². The third-order valence-electron chi connectivity index (χ3n) is 8.32. The lowest BCUT2D eigenvalue weighted by Crippen LogP contribution is -2.50. The SMILES string of the molecule is COC1O[C@@H](C)[C@H]2[C@H](C#C[C@H]3CCC[C@H](C)N3C(=O)OC(C)(C)C)[C@H]3CCCC[C@H]3C[C@@H]12. The van der Waals surface area contributed by atoms with Crippen molar-refractivity contribution in [3.8, 4) is 11.8 Å². The van der Waals surface area contributed by atoms with Gasteiger partial charge in [0, 0.05) is 30.9 Å². The standard InChI is InChI=1S/C27H43NO4/c1-17-10-9-12-20(28(17)26(29)32-27(3,4)5)14-15-22-21-13-8-7-11-19(21)16-23-24(22)18(2)31-25(23)30-6/h17-25H,7-13,16H2,1-6H3/t17-,18-,19-,20+,21-,22+,23+,24-,25?/m0/s1. The van der Waals surface area contributed by atoms with E-state index >= 15 is 0 Å². The molecular weight excluding hydrogens is 402 g/mol. The molecule has 0 spiro atoms. The average molecular weight is 446 g/mol. The molecule has 5 nitrogen and oxygen atoms in total. The van der Waals surface area contributed by atoms with Crippen molar-refractivity contribution in [3.05, 3.63) is 0 Å². The number of carbonyl (C=O) groups is 1. The first-order chi connectivity index (χ1) is 15.2. The lowest BCUT2D eigenvalue weighted by Gasteiger charge is -2.46. The van der Waals surface area contributed by atoms with Crippen molar-refractivity contribution in [2.45, 2.75) is 116 Å². The van der Waals surface area contributed by atoms with Crippen molar-refractivity contribution >= 4 is 6.09 Å². The van der Waals surface area contributed by atoms with Gasteiger partial charge in [-0.05, 0) is 78.6 Å². The summed E-state index contributed by atoms with van der Waals surface area (Å²) in [6, 6.07) is 0.0953. The number of amides is 1. The molecule has 0 bridgehead atoms. The highest BCUT2D eigenvalue weighted by Gasteiger charge is 2.54. The van der Waals surface area contributed by atoms with Gasteiger partial charge in [0.15, 0.2) is 6.29 Å². The van der Waals surface area contributed by atoms with Crippen LogP contribution in [0.25, 0.3) is 0 Å². The van der Waals surface area contributed by atoms with E-state index in [1.807, 2.05) is 25.7 Å². The summed E-state index contributed by atoms with van der Waals surface area (Å²) in [6.45, 7) is 10.1. The number of piperidine rings is 1. The number of methoxy groups -OCH3 is 1. The maximum atomic E-state index is 13.0. The first-order valence-corrected chi connectivity index (χ1v) is 12.9. The van der Waals surface area contributed by atoms with Gasteiger partial charge in [0.05, 0.1) is 12.1 Å². The number of carbonyl (C=O) groups excluding carboxylic acids is 1. The number of likely N-dealkylation sites (tertiary alicyclic amines) is 1. The Labute approximate surface area is 194 Å². The molecule has 32 heavy (non-hydrogen) atoms. The molecule has 0 aromatic carbocycles. The minimum absolute atomic E-state index is 0.0631. The third-order valence-corrected chi connectivity index (χ3v) is 8.32. The zero-order valence-electron chi connectivity index (χ0n) is 20.9. The van der Waals surface area contributed by atoms with Gasteiger partial charge in [-0.1, -0.05) is 31.1 Å². The Morgan fingerprint density at radius 1 is 1.00 bits per heavy atom. The van der Waals surface area contributed by atoms with Crippen LogP contribution in [0.5, 0.6) is 0 Å². The van der Waals surface area contributed by atoms with Gasteiger partial charge in [0.1, 0.15) is 5.60 Å². The van der Waals surface area contributed by atoms with Crippen molar-refractivity contribution in [2.24, 2.45) is 29.6 Å². The van der Waals surface area contributed by atoms with E-state index in [4.69, 9.17) is 14.2 Å². The van der Waals surface area contributed by atoms with Crippen molar-refractivity contribution in [2.75, 3.05) is 7.11 Å². The van der Waals surface area contributed by atoms with E-state index in [0.717, 1.165) is 25.2 Å². The second-order valence-electron chi connectivity index (χ2n) is 11.6. The second kappa shape index (κ2) is 9.55. The predicted octanol–water partition coefficient (Wildman–Crippen LogP) is 5.62. The number of fused-ring (bicyclic) bond motifs is 2. The predicted molar refractivity (Wildman–Crippen MR) is 125 cm³/mol. The first-order valence-electron chi connectivity index (χ1n) is 12.9. The van der Waals surface area contributed by atoms with E-state index in [1.165, 1.54) is 32.1 Å². The molecule has 2 aliphatic heterocycles. The van der Waals surface area contributed by atoms with Gasteiger partial charge in [0.2, 0.25) is 0 Å². The molecule has 1 unspecified atom stereocenters. The van der Waals surface area contributed by atoms with E-state index in [2.05, 4.69) is 25.7 Å². The molecule has 4 fully saturated rings. The maximum Gasteiger partial charge on any atom is 0.411 e. The van der Waals surface area contributed by atoms with Crippen molar-refractivity contribution in [3.63, 3.8) is 0 Å². The summed E-state index contributed by atoms with van der Waals surface area (Å²) in [5.74, 6) is 9.94. The largest absolute Gasteiger partial charge is 0.444 e. The van der Waals surface area contributed by atoms with Gasteiger partial charge in [-0.25, -0.2) is 4.79 Å². The van der Waals surface area contributed by atoms with Crippen molar-refractivity contribution in [1.29, 1.82) is 0 Å². The number of hydrogen-bond donors (Lipinski definition) is 0. The maximum absolute atomic E-state index is 13.0. The third kappa shape index (κ3) is 4.82. The Kier molecular flexibility index (Phi) is 7.13. The van der Waals surface area contributed by atoms with Crippen LogP contribution in [0.4, 0.5) is 4.79 Å². The van der Waals surface area contributed by atoms with Gasteiger partial charge in [0.25, 0.3) is 0 Å². The van der Waals surface area contributed by atoms with Crippen molar-refractivity contribution < 1.29 is 19.0 Å². The molecule has 9 atom stereocenters. The van der Waals surface area contributed by atoms with Crippen LogP contribution in [-0.4, -0.2) is 48.2 Å². The molecule has 2 saturated carbocycles. The smallest absolute Gasteiger partial charge is 0.411 e. The number of hydrogen-bond acceptors (Lipinski definition) is 4. The van der Waals surface area contributed by atoms with E-state index in [0.29, 0.717) is 23.7 Å². The number of nitrogens with zero attached hydrogens (tertiary/aromatic N) is 1. The molecular formula is C27H43NO4. The summed E-state index contributed by atoms with van der Waals surface area (Å²) < 4.78 is 17.7. The Morgan fingerprint density at radius 2 is 1.75 bits per heavy atom. The Balaban J connectivity index is 1.60. The monoisotopic (exact) mass is 445 g/mol. The van der Waals surface area contributed by atoms with E-state index in [9.17, 15) is 4.79 Å². The van der Waals surface area contributed by atoms with Crippen LogP contribution in [0, 0.1) is 41.4 Å². The minimum atomic E-state index is -0.496. The van der Waals surface area contributed by atoms with Gasteiger partial charge in [-0.3, -0.25) is 4.90 Å². The molecule has 5 heteroatoms. The first kappa shape index (κ1) is 23.9. The molecule has 4 rings (SSSR count). The Morgan fingerprint density at radius 3 is 2.47 bits per heavy atom. The molecule has 1 amide bonds. The normalized spacial score (nSPS) is 41.8. The number of rotatable bonds is 1. The fourth-order valence-corrected chi connectivity index (χ4v) is 6.98. The lowest BCUT2D eigenvalue weighted by atomic mass is 9.57. The van der Waals surface area contributed by atoms with E-state index in [-0.39, 0.29) is 30.6 Å². The molecule has 2 heterocycles.